The standard InChI is InChI=1S/C17H16N4O/c1-12-10-14(8-9-18-12)19-17(22)16-11-13(2)20-21(16)15-6-4-3-5-7-15/h3-11H,1-2H3,(H,18,19,22). The molecule has 3 rings (SSSR count). The molecule has 1 aromatic carbocycles. The summed E-state index contributed by atoms with van der Waals surface area (Å²) >= 11 is 0. The van der Waals surface area contributed by atoms with E-state index in [1.54, 1.807) is 23.0 Å². The Morgan fingerprint density at radius 2 is 1.82 bits per heavy atom. The second-order valence-corrected chi connectivity index (χ2v) is 5.06. The van der Waals surface area contributed by atoms with Crippen LogP contribution in [0.5, 0.6) is 0 Å². The summed E-state index contributed by atoms with van der Waals surface area (Å²) in [5, 5.41) is 7.29. The summed E-state index contributed by atoms with van der Waals surface area (Å²) in [6.07, 6.45) is 1.67. The van der Waals surface area contributed by atoms with Gasteiger partial charge in [-0.3, -0.25) is 9.78 Å². The first-order valence-corrected chi connectivity index (χ1v) is 6.99. The molecule has 2 heterocycles. The first kappa shape index (κ1) is 14.0. The van der Waals surface area contributed by atoms with Crippen molar-refractivity contribution in [3.8, 4) is 5.69 Å². The van der Waals surface area contributed by atoms with Gasteiger partial charge in [-0.25, -0.2) is 4.68 Å². The SMILES string of the molecule is Cc1cc(NC(=O)c2cc(C)nn2-c2ccccc2)ccn1. The first-order chi connectivity index (χ1) is 10.6. The number of anilines is 1. The van der Waals surface area contributed by atoms with Crippen molar-refractivity contribution in [2.75, 3.05) is 5.32 Å². The number of aromatic nitrogens is 3. The number of carbonyl (C=O) groups is 1. The third kappa shape index (κ3) is 2.88. The molecular formula is C17H16N4O. The minimum absolute atomic E-state index is 0.199. The number of nitrogens with zero attached hydrogens (tertiary/aromatic N) is 3. The van der Waals surface area contributed by atoms with Gasteiger partial charge in [0.1, 0.15) is 5.69 Å². The number of amides is 1. The van der Waals surface area contributed by atoms with Crippen LogP contribution in [0.3, 0.4) is 0 Å². The lowest BCUT2D eigenvalue weighted by atomic mass is 10.3. The fourth-order valence-corrected chi connectivity index (χ4v) is 2.25. The summed E-state index contributed by atoms with van der Waals surface area (Å²) in [4.78, 5) is 16.7. The van der Waals surface area contributed by atoms with E-state index in [1.165, 1.54) is 0 Å². The van der Waals surface area contributed by atoms with Crippen LogP contribution in [0.1, 0.15) is 21.9 Å². The number of carbonyl (C=O) groups excluding carboxylic acids is 1. The smallest absolute Gasteiger partial charge is 0.274 e. The second-order valence-electron chi connectivity index (χ2n) is 5.06. The molecule has 0 spiro atoms. The highest BCUT2D eigenvalue weighted by Gasteiger charge is 2.15. The van der Waals surface area contributed by atoms with E-state index in [2.05, 4.69) is 15.4 Å². The van der Waals surface area contributed by atoms with E-state index in [1.807, 2.05) is 50.2 Å². The van der Waals surface area contributed by atoms with Crippen molar-refractivity contribution in [1.82, 2.24) is 14.8 Å². The monoisotopic (exact) mass is 292 g/mol. The largest absolute Gasteiger partial charge is 0.321 e. The predicted octanol–water partition coefficient (Wildman–Crippen LogP) is 3.14. The predicted molar refractivity (Wildman–Crippen MR) is 85.2 cm³/mol. The van der Waals surface area contributed by atoms with Crippen LogP contribution in [-0.4, -0.2) is 20.7 Å². The van der Waals surface area contributed by atoms with E-state index in [0.717, 1.165) is 22.8 Å². The third-order valence-corrected chi connectivity index (χ3v) is 3.22. The molecule has 0 atom stereocenters. The minimum atomic E-state index is -0.199. The number of nitrogens with one attached hydrogen (secondary N) is 1. The molecule has 0 radical (unpaired) electrons. The summed E-state index contributed by atoms with van der Waals surface area (Å²) in [5.41, 5.74) is 3.71. The molecule has 1 amide bonds. The average Bonchev–Trinajstić information content (AvgIpc) is 2.90. The van der Waals surface area contributed by atoms with Gasteiger partial charge in [-0.1, -0.05) is 18.2 Å². The molecule has 110 valence electrons. The topological polar surface area (TPSA) is 59.8 Å². The van der Waals surface area contributed by atoms with Crippen LogP contribution < -0.4 is 5.32 Å². The Hall–Kier alpha value is -2.95. The molecule has 0 unspecified atom stereocenters. The van der Waals surface area contributed by atoms with Crippen LogP contribution in [0.2, 0.25) is 0 Å². The molecule has 0 aliphatic carbocycles. The van der Waals surface area contributed by atoms with Gasteiger partial charge in [-0.15, -0.1) is 0 Å². The quantitative estimate of drug-likeness (QED) is 0.806. The minimum Gasteiger partial charge on any atom is -0.321 e. The fourth-order valence-electron chi connectivity index (χ4n) is 2.25. The molecule has 0 fully saturated rings. The van der Waals surface area contributed by atoms with Gasteiger partial charge >= 0.3 is 0 Å². The van der Waals surface area contributed by atoms with E-state index >= 15 is 0 Å². The molecule has 5 heteroatoms. The Balaban J connectivity index is 1.93. The molecule has 1 N–H and O–H groups in total. The van der Waals surface area contributed by atoms with Crippen molar-refractivity contribution in [2.45, 2.75) is 13.8 Å². The Labute approximate surface area is 128 Å². The van der Waals surface area contributed by atoms with Crippen molar-refractivity contribution in [3.05, 3.63) is 71.8 Å². The highest BCUT2D eigenvalue weighted by molar-refractivity contribution is 6.03. The molecule has 0 saturated heterocycles. The van der Waals surface area contributed by atoms with Crippen LogP contribution >= 0.6 is 0 Å². The zero-order chi connectivity index (χ0) is 15.5. The van der Waals surface area contributed by atoms with Gasteiger partial charge in [-0.2, -0.15) is 5.10 Å². The lowest BCUT2D eigenvalue weighted by Gasteiger charge is -2.08. The number of benzene rings is 1. The van der Waals surface area contributed by atoms with E-state index < -0.39 is 0 Å². The van der Waals surface area contributed by atoms with Gasteiger partial charge in [0.15, 0.2) is 0 Å². The first-order valence-electron chi connectivity index (χ1n) is 6.99. The van der Waals surface area contributed by atoms with Crippen molar-refractivity contribution in [3.63, 3.8) is 0 Å². The highest BCUT2D eigenvalue weighted by Crippen LogP contribution is 2.15. The molecule has 3 aromatic rings. The van der Waals surface area contributed by atoms with Crippen LogP contribution in [0.4, 0.5) is 5.69 Å². The molecule has 22 heavy (non-hydrogen) atoms. The molecule has 0 aliphatic heterocycles. The van der Waals surface area contributed by atoms with E-state index in [4.69, 9.17) is 0 Å². The molecule has 0 bridgehead atoms. The third-order valence-electron chi connectivity index (χ3n) is 3.22. The van der Waals surface area contributed by atoms with Gasteiger partial charge in [0.05, 0.1) is 11.4 Å². The van der Waals surface area contributed by atoms with Gasteiger partial charge in [0, 0.05) is 17.6 Å². The summed E-state index contributed by atoms with van der Waals surface area (Å²) in [5.74, 6) is -0.199. The summed E-state index contributed by atoms with van der Waals surface area (Å²) in [6.45, 7) is 3.75. The Kier molecular flexibility index (Phi) is 3.70. The van der Waals surface area contributed by atoms with Crippen LogP contribution in [0, 0.1) is 13.8 Å². The van der Waals surface area contributed by atoms with Gasteiger partial charge in [-0.05, 0) is 44.2 Å². The Bertz CT molecular complexity index is 809. The number of rotatable bonds is 3. The maximum atomic E-state index is 12.5. The zero-order valence-electron chi connectivity index (χ0n) is 12.4. The number of pyridine rings is 1. The zero-order valence-corrected chi connectivity index (χ0v) is 12.4. The molecule has 5 nitrogen and oxygen atoms in total. The summed E-state index contributed by atoms with van der Waals surface area (Å²) in [6, 6.07) is 15.0. The highest BCUT2D eigenvalue weighted by atomic mass is 16.2. The Morgan fingerprint density at radius 1 is 1.05 bits per heavy atom. The number of hydrogen-bond acceptors (Lipinski definition) is 3. The van der Waals surface area contributed by atoms with Gasteiger partial charge in [0.2, 0.25) is 0 Å². The van der Waals surface area contributed by atoms with Crippen LogP contribution in [0.25, 0.3) is 5.69 Å². The number of aryl methyl sites for hydroxylation is 2. The average molecular weight is 292 g/mol. The van der Waals surface area contributed by atoms with Crippen LogP contribution in [0.15, 0.2) is 54.7 Å². The molecular weight excluding hydrogens is 276 g/mol. The second kappa shape index (κ2) is 5.81. The van der Waals surface area contributed by atoms with Crippen molar-refractivity contribution in [1.29, 1.82) is 0 Å². The van der Waals surface area contributed by atoms with Gasteiger partial charge < -0.3 is 5.32 Å². The van der Waals surface area contributed by atoms with E-state index in [0.29, 0.717) is 5.69 Å². The number of para-hydroxylation sites is 1. The fraction of sp³-hybridized carbons (Fsp3) is 0.118. The van der Waals surface area contributed by atoms with E-state index in [9.17, 15) is 4.79 Å². The van der Waals surface area contributed by atoms with Crippen molar-refractivity contribution >= 4 is 11.6 Å². The molecule has 0 aliphatic rings. The van der Waals surface area contributed by atoms with Crippen LogP contribution in [-0.2, 0) is 0 Å². The van der Waals surface area contributed by atoms with Crippen molar-refractivity contribution in [2.24, 2.45) is 0 Å². The Morgan fingerprint density at radius 3 is 2.55 bits per heavy atom. The summed E-state index contributed by atoms with van der Waals surface area (Å²) in [7, 11) is 0. The lowest BCUT2D eigenvalue weighted by molar-refractivity contribution is 0.101. The molecule has 0 saturated carbocycles. The van der Waals surface area contributed by atoms with Crippen molar-refractivity contribution < 1.29 is 4.79 Å². The van der Waals surface area contributed by atoms with Gasteiger partial charge in [0.25, 0.3) is 5.91 Å². The maximum absolute atomic E-state index is 12.5. The van der Waals surface area contributed by atoms with E-state index in [-0.39, 0.29) is 5.91 Å². The number of hydrogen-bond donors (Lipinski definition) is 1. The maximum Gasteiger partial charge on any atom is 0.274 e. The summed E-state index contributed by atoms with van der Waals surface area (Å²) < 4.78 is 1.65. The normalized spacial score (nSPS) is 10.5. The molecule has 2 aromatic heterocycles. The lowest BCUT2D eigenvalue weighted by Crippen LogP contribution is -2.17.